The van der Waals surface area contributed by atoms with Crippen LogP contribution in [0.15, 0.2) is 48.7 Å². The lowest BCUT2D eigenvalue weighted by Crippen LogP contribution is -2.11. The third-order valence-corrected chi connectivity index (χ3v) is 3.17. The molecule has 1 aromatic heterocycles. The summed E-state index contributed by atoms with van der Waals surface area (Å²) in [6.07, 6.45) is 1.98. The van der Waals surface area contributed by atoms with E-state index in [1.165, 1.54) is 7.11 Å². The maximum absolute atomic E-state index is 11.6. The Morgan fingerprint density at radius 2 is 1.86 bits per heavy atom. The van der Waals surface area contributed by atoms with Crippen molar-refractivity contribution in [1.29, 1.82) is 0 Å². The number of hydrogen-bond donors (Lipinski definition) is 0. The van der Waals surface area contributed by atoms with Gasteiger partial charge in [-0.15, -0.1) is 0 Å². The zero-order valence-corrected chi connectivity index (χ0v) is 13.3. The highest BCUT2D eigenvalue weighted by molar-refractivity contribution is 6.30. The Morgan fingerprint density at radius 3 is 2.38 bits per heavy atom. The van der Waals surface area contributed by atoms with Crippen molar-refractivity contribution in [3.63, 3.8) is 0 Å². The number of esters is 1. The number of ether oxygens (including phenoxy) is 1. The molecular weight excluding hydrogens is 286 g/mol. The van der Waals surface area contributed by atoms with E-state index in [9.17, 15) is 4.79 Å². The van der Waals surface area contributed by atoms with E-state index in [-0.39, 0.29) is 18.3 Å². The molecule has 0 fully saturated rings. The first kappa shape index (κ1) is 17.2. The highest BCUT2D eigenvalue weighted by Crippen LogP contribution is 2.27. The van der Waals surface area contributed by atoms with Crippen LogP contribution < -0.4 is 0 Å². The number of rotatable bonds is 4. The van der Waals surface area contributed by atoms with Crippen molar-refractivity contribution in [2.24, 2.45) is 0 Å². The molecule has 2 aromatic rings. The van der Waals surface area contributed by atoms with Crippen LogP contribution >= 0.6 is 11.6 Å². The van der Waals surface area contributed by atoms with Gasteiger partial charge in [0.1, 0.15) is 0 Å². The monoisotopic (exact) mass is 305 g/mol. The highest BCUT2D eigenvalue weighted by atomic mass is 35.5. The number of benzene rings is 1. The number of carbonyl (C=O) groups is 1. The first-order chi connectivity index (χ1) is 10.2. The lowest BCUT2D eigenvalue weighted by molar-refractivity contribution is -0.140. The Bertz CT molecular complexity index is 540. The summed E-state index contributed by atoms with van der Waals surface area (Å²) in [5.74, 6) is -0.378. The van der Waals surface area contributed by atoms with Crippen molar-refractivity contribution < 1.29 is 9.53 Å². The van der Waals surface area contributed by atoms with Gasteiger partial charge in [-0.05, 0) is 29.8 Å². The molecule has 0 bridgehead atoms. The predicted molar refractivity (Wildman–Crippen MR) is 85.5 cm³/mol. The molecule has 2 rings (SSSR count). The van der Waals surface area contributed by atoms with E-state index in [1.807, 2.05) is 56.3 Å². The van der Waals surface area contributed by atoms with Crippen LogP contribution in [0.1, 0.15) is 37.4 Å². The predicted octanol–water partition coefficient (Wildman–Crippen LogP) is 4.46. The smallest absolute Gasteiger partial charge is 0.306 e. The second-order valence-corrected chi connectivity index (χ2v) is 4.58. The molecule has 0 aliphatic carbocycles. The van der Waals surface area contributed by atoms with Crippen molar-refractivity contribution in [2.75, 3.05) is 7.11 Å². The summed E-state index contributed by atoms with van der Waals surface area (Å²) in [6.45, 7) is 4.00. The number of hydrogen-bond acceptors (Lipinski definition) is 3. The number of nitrogens with zero attached hydrogens (tertiary/aromatic N) is 1. The van der Waals surface area contributed by atoms with E-state index in [2.05, 4.69) is 4.98 Å². The van der Waals surface area contributed by atoms with Gasteiger partial charge in [-0.3, -0.25) is 9.78 Å². The number of aromatic nitrogens is 1. The summed E-state index contributed by atoms with van der Waals surface area (Å²) >= 11 is 5.89. The number of pyridine rings is 1. The fourth-order valence-corrected chi connectivity index (χ4v) is 2.05. The SMILES string of the molecule is CC.COC(=O)CC(c1ccc(Cl)cc1)c1ccccn1. The third kappa shape index (κ3) is 5.20. The summed E-state index contributed by atoms with van der Waals surface area (Å²) in [7, 11) is 1.39. The molecule has 0 saturated carbocycles. The highest BCUT2D eigenvalue weighted by Gasteiger charge is 2.19. The molecule has 4 heteroatoms. The molecule has 0 aliphatic heterocycles. The maximum Gasteiger partial charge on any atom is 0.306 e. The Labute approximate surface area is 130 Å². The zero-order valence-electron chi connectivity index (χ0n) is 12.5. The van der Waals surface area contributed by atoms with E-state index in [1.54, 1.807) is 6.20 Å². The average Bonchev–Trinajstić information content (AvgIpc) is 2.56. The molecule has 0 N–H and O–H groups in total. The van der Waals surface area contributed by atoms with Crippen molar-refractivity contribution in [3.8, 4) is 0 Å². The average molecular weight is 306 g/mol. The van der Waals surface area contributed by atoms with Crippen LogP contribution in [-0.2, 0) is 9.53 Å². The first-order valence-corrected chi connectivity index (χ1v) is 7.31. The van der Waals surface area contributed by atoms with Gasteiger partial charge in [0.15, 0.2) is 0 Å². The summed E-state index contributed by atoms with van der Waals surface area (Å²) in [5.41, 5.74) is 1.84. The fraction of sp³-hybridized carbons (Fsp3) is 0.294. The summed E-state index contributed by atoms with van der Waals surface area (Å²) in [5, 5.41) is 0.668. The minimum atomic E-state index is -0.259. The molecular formula is C17H20ClNO2. The molecule has 0 radical (unpaired) electrons. The van der Waals surface area contributed by atoms with Crippen LogP contribution in [0.2, 0.25) is 5.02 Å². The molecule has 1 atom stereocenters. The van der Waals surface area contributed by atoms with E-state index in [4.69, 9.17) is 16.3 Å². The lowest BCUT2D eigenvalue weighted by Gasteiger charge is -2.15. The van der Waals surface area contributed by atoms with Gasteiger partial charge in [0.2, 0.25) is 0 Å². The third-order valence-electron chi connectivity index (χ3n) is 2.92. The van der Waals surface area contributed by atoms with Crippen molar-refractivity contribution in [1.82, 2.24) is 4.98 Å². The Hall–Kier alpha value is -1.87. The molecule has 0 aliphatic rings. The number of halogens is 1. The Kier molecular flexibility index (Phi) is 7.48. The zero-order chi connectivity index (χ0) is 15.7. The molecule has 0 amide bonds. The largest absolute Gasteiger partial charge is 0.469 e. The van der Waals surface area contributed by atoms with Gasteiger partial charge in [0, 0.05) is 22.8 Å². The molecule has 0 saturated heterocycles. The standard InChI is InChI=1S/C15H14ClNO2.C2H6/c1-19-15(18)10-13(14-4-2-3-9-17-14)11-5-7-12(16)8-6-11;1-2/h2-9,13H,10H2,1H3;1-2H3. The molecule has 1 unspecified atom stereocenters. The quantitative estimate of drug-likeness (QED) is 0.783. The van der Waals surface area contributed by atoms with Gasteiger partial charge in [-0.25, -0.2) is 0 Å². The minimum Gasteiger partial charge on any atom is -0.469 e. The van der Waals surface area contributed by atoms with Gasteiger partial charge in [-0.2, -0.15) is 0 Å². The van der Waals surface area contributed by atoms with Gasteiger partial charge in [-0.1, -0.05) is 43.6 Å². The van der Waals surface area contributed by atoms with Gasteiger partial charge in [0.25, 0.3) is 0 Å². The van der Waals surface area contributed by atoms with E-state index < -0.39 is 0 Å². The second kappa shape index (κ2) is 9.14. The molecule has 1 aromatic carbocycles. The number of methoxy groups -OCH3 is 1. The van der Waals surface area contributed by atoms with Crippen LogP contribution in [-0.4, -0.2) is 18.1 Å². The minimum absolute atomic E-state index is 0.120. The normalized spacial score (nSPS) is 11.0. The summed E-state index contributed by atoms with van der Waals surface area (Å²) in [6, 6.07) is 13.1. The molecule has 3 nitrogen and oxygen atoms in total. The van der Waals surface area contributed by atoms with Gasteiger partial charge < -0.3 is 4.74 Å². The van der Waals surface area contributed by atoms with Crippen LogP contribution in [0.25, 0.3) is 0 Å². The van der Waals surface area contributed by atoms with E-state index >= 15 is 0 Å². The molecule has 0 spiro atoms. The maximum atomic E-state index is 11.6. The second-order valence-electron chi connectivity index (χ2n) is 4.14. The van der Waals surface area contributed by atoms with Crippen molar-refractivity contribution in [3.05, 3.63) is 64.9 Å². The number of carbonyl (C=O) groups excluding carboxylic acids is 1. The van der Waals surface area contributed by atoms with E-state index in [0.29, 0.717) is 5.02 Å². The summed E-state index contributed by atoms with van der Waals surface area (Å²) in [4.78, 5) is 15.9. The van der Waals surface area contributed by atoms with Crippen LogP contribution in [0, 0.1) is 0 Å². The van der Waals surface area contributed by atoms with Gasteiger partial charge in [0.05, 0.1) is 13.5 Å². The molecule has 21 heavy (non-hydrogen) atoms. The van der Waals surface area contributed by atoms with Crippen molar-refractivity contribution in [2.45, 2.75) is 26.2 Å². The fourth-order valence-electron chi connectivity index (χ4n) is 1.92. The first-order valence-electron chi connectivity index (χ1n) is 6.94. The van der Waals surface area contributed by atoms with Crippen LogP contribution in [0.3, 0.4) is 0 Å². The topological polar surface area (TPSA) is 39.2 Å². The van der Waals surface area contributed by atoms with Crippen molar-refractivity contribution >= 4 is 17.6 Å². The van der Waals surface area contributed by atoms with Crippen LogP contribution in [0.4, 0.5) is 0 Å². The Balaban J connectivity index is 0.00000106. The van der Waals surface area contributed by atoms with Gasteiger partial charge >= 0.3 is 5.97 Å². The lowest BCUT2D eigenvalue weighted by atomic mass is 9.92. The summed E-state index contributed by atoms with van der Waals surface area (Å²) < 4.78 is 4.75. The Morgan fingerprint density at radius 1 is 1.19 bits per heavy atom. The van der Waals surface area contributed by atoms with Crippen LogP contribution in [0.5, 0.6) is 0 Å². The van der Waals surface area contributed by atoms with E-state index in [0.717, 1.165) is 11.3 Å². The molecule has 112 valence electrons. The molecule has 1 heterocycles.